The molecule has 1 rings (SSSR count). The lowest BCUT2D eigenvalue weighted by Crippen LogP contribution is -2.28. The minimum absolute atomic E-state index is 0.0268. The predicted octanol–water partition coefficient (Wildman–Crippen LogP) is 0.382. The number of aliphatic hydroxyl groups excluding tert-OH is 1. The Labute approximate surface area is 103 Å². The molecule has 1 aromatic rings. The van der Waals surface area contributed by atoms with Crippen molar-refractivity contribution >= 4 is 10.0 Å². The molecule has 18 heavy (non-hydrogen) atoms. The van der Waals surface area contributed by atoms with E-state index in [1.54, 1.807) is 0 Å². The smallest absolute Gasteiger partial charge is 0.243 e. The molecule has 0 fully saturated rings. The molecule has 0 spiro atoms. The molecule has 2 N–H and O–H groups in total. The average molecular weight is 281 g/mol. The zero-order valence-electron chi connectivity index (χ0n) is 9.61. The summed E-state index contributed by atoms with van der Waals surface area (Å²) in [5.41, 5.74) is -0.0268. The number of hydrogen-bond donors (Lipinski definition) is 2. The van der Waals surface area contributed by atoms with Crippen molar-refractivity contribution in [3.63, 3.8) is 0 Å². The Bertz CT molecular complexity index is 519. The van der Waals surface area contributed by atoms with Gasteiger partial charge in [-0.15, -0.1) is 0 Å². The lowest BCUT2D eigenvalue weighted by molar-refractivity contribution is 0.204. The van der Waals surface area contributed by atoms with Gasteiger partial charge >= 0.3 is 0 Å². The van der Waals surface area contributed by atoms with Crippen molar-refractivity contribution in [2.45, 2.75) is 11.5 Å². The van der Waals surface area contributed by atoms with Crippen LogP contribution in [0, 0.1) is 11.6 Å². The average Bonchev–Trinajstić information content (AvgIpc) is 2.32. The van der Waals surface area contributed by atoms with Crippen LogP contribution in [-0.4, -0.2) is 33.8 Å². The van der Waals surface area contributed by atoms with Gasteiger partial charge in [-0.25, -0.2) is 21.9 Å². The van der Waals surface area contributed by atoms with E-state index in [2.05, 4.69) is 9.46 Å². The summed E-state index contributed by atoms with van der Waals surface area (Å²) < 4.78 is 56.6. The lowest BCUT2D eigenvalue weighted by Gasteiger charge is -2.09. The summed E-state index contributed by atoms with van der Waals surface area (Å²) >= 11 is 0. The van der Waals surface area contributed by atoms with E-state index in [4.69, 9.17) is 5.11 Å². The number of benzene rings is 1. The van der Waals surface area contributed by atoms with Crippen LogP contribution in [0.25, 0.3) is 0 Å². The van der Waals surface area contributed by atoms with Crippen LogP contribution in [0.1, 0.15) is 5.56 Å². The van der Waals surface area contributed by atoms with Gasteiger partial charge in [-0.2, -0.15) is 0 Å². The van der Waals surface area contributed by atoms with Crippen molar-refractivity contribution in [2.24, 2.45) is 0 Å². The third-order valence-corrected chi connectivity index (χ3v) is 3.59. The Balaban J connectivity index is 3.11. The van der Waals surface area contributed by atoms with Crippen molar-refractivity contribution in [3.05, 3.63) is 29.3 Å². The van der Waals surface area contributed by atoms with Gasteiger partial charge < -0.3 is 9.84 Å². The molecular weight excluding hydrogens is 268 g/mol. The van der Waals surface area contributed by atoms with E-state index >= 15 is 0 Å². The van der Waals surface area contributed by atoms with Gasteiger partial charge in [0.25, 0.3) is 0 Å². The number of rotatable bonds is 6. The van der Waals surface area contributed by atoms with Gasteiger partial charge in [0, 0.05) is 13.7 Å². The second kappa shape index (κ2) is 6.19. The van der Waals surface area contributed by atoms with Crippen LogP contribution in [0.3, 0.4) is 0 Å². The van der Waals surface area contributed by atoms with Gasteiger partial charge in [0.2, 0.25) is 10.0 Å². The molecule has 0 heterocycles. The van der Waals surface area contributed by atoms with Crippen LogP contribution >= 0.6 is 0 Å². The Morgan fingerprint density at radius 1 is 1.39 bits per heavy atom. The van der Waals surface area contributed by atoms with E-state index in [-0.39, 0.29) is 18.7 Å². The summed E-state index contributed by atoms with van der Waals surface area (Å²) in [7, 11) is -2.80. The normalized spacial score (nSPS) is 11.8. The highest BCUT2D eigenvalue weighted by Gasteiger charge is 2.22. The number of sulfonamides is 1. The summed E-state index contributed by atoms with van der Waals surface area (Å²) in [6.07, 6.45) is 0. The largest absolute Gasteiger partial charge is 0.392 e. The number of methoxy groups -OCH3 is 1. The molecule has 0 saturated carbocycles. The van der Waals surface area contributed by atoms with Gasteiger partial charge in [0.05, 0.1) is 13.2 Å². The van der Waals surface area contributed by atoms with Gasteiger partial charge in [0.15, 0.2) is 11.6 Å². The first-order valence-corrected chi connectivity index (χ1v) is 6.48. The highest BCUT2D eigenvalue weighted by Crippen LogP contribution is 2.19. The standard InChI is InChI=1S/C10H13F2NO4S/c1-17-3-2-13-18(15,16)9-5-7(6-14)4-8(11)10(9)12/h4-5,13-14H,2-3,6H2,1H3. The molecular formula is C10H13F2NO4S. The summed E-state index contributed by atoms with van der Waals surface area (Å²) in [6.45, 7) is -0.552. The summed E-state index contributed by atoms with van der Waals surface area (Å²) in [5.74, 6) is -2.80. The Morgan fingerprint density at radius 2 is 2.06 bits per heavy atom. The van der Waals surface area contributed by atoms with Crippen molar-refractivity contribution in [3.8, 4) is 0 Å². The third-order valence-electron chi connectivity index (χ3n) is 2.12. The maximum absolute atomic E-state index is 13.4. The highest BCUT2D eigenvalue weighted by atomic mass is 32.2. The summed E-state index contributed by atoms with van der Waals surface area (Å²) in [6, 6.07) is 1.62. The molecule has 0 aliphatic rings. The first-order valence-electron chi connectivity index (χ1n) is 4.99. The monoisotopic (exact) mass is 281 g/mol. The Kier molecular flexibility index (Phi) is 5.15. The highest BCUT2D eigenvalue weighted by molar-refractivity contribution is 7.89. The van der Waals surface area contributed by atoms with Crippen LogP contribution in [0.5, 0.6) is 0 Å². The maximum atomic E-state index is 13.4. The van der Waals surface area contributed by atoms with E-state index in [0.717, 1.165) is 12.1 Å². The number of halogens is 2. The Hall–Kier alpha value is -1.09. The lowest BCUT2D eigenvalue weighted by atomic mass is 10.2. The third kappa shape index (κ3) is 3.45. The molecule has 1 aromatic carbocycles. The molecule has 8 heteroatoms. The second-order valence-corrected chi connectivity index (χ2v) is 5.17. The fraction of sp³-hybridized carbons (Fsp3) is 0.400. The Morgan fingerprint density at radius 3 is 2.61 bits per heavy atom. The zero-order chi connectivity index (χ0) is 13.8. The number of hydrogen-bond acceptors (Lipinski definition) is 4. The first-order chi connectivity index (χ1) is 8.42. The molecule has 0 saturated heterocycles. The molecule has 0 aliphatic carbocycles. The van der Waals surface area contributed by atoms with Crippen LogP contribution in [0.2, 0.25) is 0 Å². The van der Waals surface area contributed by atoms with Gasteiger partial charge in [-0.1, -0.05) is 0 Å². The van der Waals surface area contributed by atoms with Crippen molar-refractivity contribution in [2.75, 3.05) is 20.3 Å². The molecule has 0 aliphatic heterocycles. The van der Waals surface area contributed by atoms with Gasteiger partial charge in [0.1, 0.15) is 4.90 Å². The number of ether oxygens (including phenoxy) is 1. The SMILES string of the molecule is COCCNS(=O)(=O)c1cc(CO)cc(F)c1F. The number of aliphatic hydroxyl groups is 1. The minimum Gasteiger partial charge on any atom is -0.392 e. The molecule has 5 nitrogen and oxygen atoms in total. The fourth-order valence-corrected chi connectivity index (χ4v) is 2.41. The maximum Gasteiger partial charge on any atom is 0.243 e. The zero-order valence-corrected chi connectivity index (χ0v) is 10.4. The molecule has 0 amide bonds. The van der Waals surface area contributed by atoms with Gasteiger partial charge in [-0.05, 0) is 17.7 Å². The van der Waals surface area contributed by atoms with Crippen molar-refractivity contribution in [1.82, 2.24) is 4.72 Å². The van der Waals surface area contributed by atoms with Crippen LogP contribution in [0.4, 0.5) is 8.78 Å². The number of nitrogens with one attached hydrogen (secondary N) is 1. The summed E-state index contributed by atoms with van der Waals surface area (Å²) in [4.78, 5) is -0.831. The first kappa shape index (κ1) is 15.0. The van der Waals surface area contributed by atoms with Crippen LogP contribution < -0.4 is 4.72 Å². The van der Waals surface area contributed by atoms with Crippen molar-refractivity contribution in [1.29, 1.82) is 0 Å². The quantitative estimate of drug-likeness (QED) is 0.739. The van der Waals surface area contributed by atoms with Crippen LogP contribution in [-0.2, 0) is 21.4 Å². The van der Waals surface area contributed by atoms with Gasteiger partial charge in [-0.3, -0.25) is 0 Å². The molecule has 0 radical (unpaired) electrons. The fourth-order valence-electron chi connectivity index (χ4n) is 1.26. The second-order valence-electron chi connectivity index (χ2n) is 3.44. The van der Waals surface area contributed by atoms with E-state index in [1.807, 2.05) is 0 Å². The molecule has 0 aromatic heterocycles. The molecule has 0 bridgehead atoms. The van der Waals surface area contributed by atoms with E-state index < -0.39 is 33.2 Å². The van der Waals surface area contributed by atoms with Crippen LogP contribution in [0.15, 0.2) is 17.0 Å². The topological polar surface area (TPSA) is 75.6 Å². The summed E-state index contributed by atoms with van der Waals surface area (Å²) in [5, 5.41) is 8.83. The predicted molar refractivity (Wildman–Crippen MR) is 59.3 cm³/mol. The minimum atomic E-state index is -4.17. The van der Waals surface area contributed by atoms with E-state index in [1.165, 1.54) is 7.11 Å². The van der Waals surface area contributed by atoms with E-state index in [9.17, 15) is 17.2 Å². The van der Waals surface area contributed by atoms with E-state index in [0.29, 0.717) is 0 Å². The van der Waals surface area contributed by atoms with Crippen molar-refractivity contribution < 1.29 is 27.0 Å². The molecule has 102 valence electrons. The molecule has 0 unspecified atom stereocenters. The molecule has 0 atom stereocenters.